The van der Waals surface area contributed by atoms with Gasteiger partial charge in [0, 0.05) is 18.4 Å². The van der Waals surface area contributed by atoms with Gasteiger partial charge in [-0.1, -0.05) is 78.3 Å². The molecule has 5 nitrogen and oxygen atoms in total. The van der Waals surface area contributed by atoms with Crippen molar-refractivity contribution in [1.29, 1.82) is 0 Å². The molecule has 0 radical (unpaired) electrons. The SMILES string of the molecule is O=C(CC(CC(=O)c1ccc(-c2ccccc2)cc1)C(=O)O)Nc1ccccc1Cl. The summed E-state index contributed by atoms with van der Waals surface area (Å²) in [6.07, 6.45) is -0.593. The third-order valence-corrected chi connectivity index (χ3v) is 5.00. The number of carboxylic acids is 1. The predicted octanol–water partition coefficient (Wildman–Crippen LogP) is 5.31. The Hall–Kier alpha value is -3.44. The van der Waals surface area contributed by atoms with Crippen LogP contribution in [-0.2, 0) is 9.59 Å². The van der Waals surface area contributed by atoms with Crippen molar-refractivity contribution in [3.8, 4) is 11.1 Å². The van der Waals surface area contributed by atoms with Gasteiger partial charge in [-0.05, 0) is 23.3 Å². The fraction of sp³-hybridized carbons (Fsp3) is 0.125. The largest absolute Gasteiger partial charge is 0.481 e. The van der Waals surface area contributed by atoms with Crippen LogP contribution in [0.2, 0.25) is 5.02 Å². The van der Waals surface area contributed by atoms with Crippen molar-refractivity contribution < 1.29 is 19.5 Å². The summed E-state index contributed by atoms with van der Waals surface area (Å²) in [5.41, 5.74) is 2.79. The van der Waals surface area contributed by atoms with Crippen LogP contribution in [0.4, 0.5) is 5.69 Å². The first-order chi connectivity index (χ1) is 14.4. The lowest BCUT2D eigenvalue weighted by molar-refractivity contribution is -0.143. The first-order valence-electron chi connectivity index (χ1n) is 9.40. The van der Waals surface area contributed by atoms with Gasteiger partial charge in [-0.15, -0.1) is 0 Å². The summed E-state index contributed by atoms with van der Waals surface area (Å²) < 4.78 is 0. The van der Waals surface area contributed by atoms with Gasteiger partial charge in [0.2, 0.25) is 5.91 Å². The quantitative estimate of drug-likeness (QED) is 0.483. The highest BCUT2D eigenvalue weighted by Crippen LogP contribution is 2.23. The third-order valence-electron chi connectivity index (χ3n) is 4.67. The zero-order valence-electron chi connectivity index (χ0n) is 16.0. The summed E-state index contributed by atoms with van der Waals surface area (Å²) >= 11 is 6.00. The van der Waals surface area contributed by atoms with Crippen LogP contribution in [0.15, 0.2) is 78.9 Å². The molecular weight excluding hydrogens is 402 g/mol. The first kappa shape index (κ1) is 21.3. The van der Waals surface area contributed by atoms with Gasteiger partial charge >= 0.3 is 5.97 Å². The monoisotopic (exact) mass is 421 g/mol. The number of carboxylic acid groups (broad SMARTS) is 1. The molecule has 0 saturated carbocycles. The minimum atomic E-state index is -1.20. The smallest absolute Gasteiger partial charge is 0.307 e. The van der Waals surface area contributed by atoms with Crippen LogP contribution in [0.3, 0.4) is 0 Å². The number of halogens is 1. The number of amides is 1. The molecule has 30 heavy (non-hydrogen) atoms. The summed E-state index contributed by atoms with van der Waals surface area (Å²) in [5, 5.41) is 12.4. The van der Waals surface area contributed by atoms with Crippen LogP contribution in [-0.4, -0.2) is 22.8 Å². The zero-order chi connectivity index (χ0) is 21.5. The van der Waals surface area contributed by atoms with Crippen molar-refractivity contribution in [2.45, 2.75) is 12.8 Å². The molecule has 0 aromatic heterocycles. The van der Waals surface area contributed by atoms with Crippen molar-refractivity contribution in [3.05, 3.63) is 89.4 Å². The maximum Gasteiger partial charge on any atom is 0.307 e. The summed E-state index contributed by atoms with van der Waals surface area (Å²) in [6.45, 7) is 0. The molecule has 3 aromatic carbocycles. The number of carbonyl (C=O) groups is 3. The van der Waals surface area contributed by atoms with Crippen molar-refractivity contribution in [1.82, 2.24) is 0 Å². The van der Waals surface area contributed by atoms with Crippen LogP contribution in [0.1, 0.15) is 23.2 Å². The highest BCUT2D eigenvalue weighted by molar-refractivity contribution is 6.33. The number of Topliss-reactive ketones (excluding diaryl/α,β-unsaturated/α-hetero) is 1. The molecule has 0 saturated heterocycles. The molecule has 152 valence electrons. The number of para-hydroxylation sites is 1. The summed E-state index contributed by atoms with van der Waals surface area (Å²) in [4.78, 5) is 36.4. The average molecular weight is 422 g/mol. The van der Waals surface area contributed by atoms with E-state index >= 15 is 0 Å². The highest BCUT2D eigenvalue weighted by Gasteiger charge is 2.25. The van der Waals surface area contributed by atoms with Gasteiger partial charge in [0.15, 0.2) is 5.78 Å². The number of carbonyl (C=O) groups excluding carboxylic acids is 2. The van der Waals surface area contributed by atoms with Gasteiger partial charge < -0.3 is 10.4 Å². The second-order valence-corrected chi connectivity index (χ2v) is 7.25. The molecule has 2 N–H and O–H groups in total. The zero-order valence-corrected chi connectivity index (χ0v) is 16.8. The molecule has 6 heteroatoms. The Morgan fingerprint density at radius 1 is 0.800 bits per heavy atom. The Morgan fingerprint density at radius 2 is 1.40 bits per heavy atom. The lowest BCUT2D eigenvalue weighted by Crippen LogP contribution is -2.24. The molecule has 0 heterocycles. The Balaban J connectivity index is 1.64. The molecule has 0 bridgehead atoms. The number of hydrogen-bond donors (Lipinski definition) is 2. The molecule has 0 spiro atoms. The molecule has 0 aliphatic rings. The normalized spacial score (nSPS) is 11.5. The van der Waals surface area contributed by atoms with E-state index in [0.29, 0.717) is 16.3 Å². The molecule has 1 unspecified atom stereocenters. The summed E-state index contributed by atoms with van der Waals surface area (Å²) in [6, 6.07) is 23.4. The van der Waals surface area contributed by atoms with Crippen LogP contribution in [0.5, 0.6) is 0 Å². The van der Waals surface area contributed by atoms with E-state index < -0.39 is 17.8 Å². The summed E-state index contributed by atoms with van der Waals surface area (Å²) in [7, 11) is 0. The molecule has 3 rings (SSSR count). The van der Waals surface area contributed by atoms with Crippen LogP contribution in [0, 0.1) is 5.92 Å². The highest BCUT2D eigenvalue weighted by atomic mass is 35.5. The Kier molecular flexibility index (Phi) is 6.99. The molecule has 0 aliphatic carbocycles. The molecule has 0 aliphatic heterocycles. The maximum absolute atomic E-state index is 12.6. The Morgan fingerprint density at radius 3 is 2.03 bits per heavy atom. The lowest BCUT2D eigenvalue weighted by atomic mass is 9.94. The van der Waals surface area contributed by atoms with Crippen LogP contribution in [0.25, 0.3) is 11.1 Å². The Labute approximate surface area is 179 Å². The van der Waals surface area contributed by atoms with E-state index in [2.05, 4.69) is 5.32 Å². The van der Waals surface area contributed by atoms with Gasteiger partial charge in [0.1, 0.15) is 0 Å². The van der Waals surface area contributed by atoms with E-state index in [4.69, 9.17) is 11.6 Å². The average Bonchev–Trinajstić information content (AvgIpc) is 2.75. The minimum absolute atomic E-state index is 0.268. The Bertz CT molecular complexity index is 1050. The standard InChI is InChI=1S/C24H20ClNO4/c25-20-8-4-5-9-21(20)26-23(28)15-19(24(29)30)14-22(27)18-12-10-17(11-13-18)16-6-2-1-3-7-16/h1-13,19H,14-15H2,(H,26,28)(H,29,30). The predicted molar refractivity (Wildman–Crippen MR) is 117 cm³/mol. The van der Waals surface area contributed by atoms with Crippen molar-refractivity contribution in [2.24, 2.45) is 5.92 Å². The van der Waals surface area contributed by atoms with Gasteiger partial charge in [0.05, 0.1) is 16.6 Å². The second-order valence-electron chi connectivity index (χ2n) is 6.84. The maximum atomic E-state index is 12.6. The van der Waals surface area contributed by atoms with E-state index in [-0.39, 0.29) is 18.6 Å². The minimum Gasteiger partial charge on any atom is -0.481 e. The van der Waals surface area contributed by atoms with E-state index in [1.54, 1.807) is 36.4 Å². The first-order valence-corrected chi connectivity index (χ1v) is 9.77. The van der Waals surface area contributed by atoms with Crippen LogP contribution >= 0.6 is 11.6 Å². The van der Waals surface area contributed by atoms with Crippen LogP contribution < -0.4 is 5.32 Å². The van der Waals surface area contributed by atoms with E-state index in [1.165, 1.54) is 0 Å². The van der Waals surface area contributed by atoms with E-state index in [9.17, 15) is 19.5 Å². The number of benzene rings is 3. The molecule has 3 aromatic rings. The number of hydrogen-bond acceptors (Lipinski definition) is 3. The summed E-state index contributed by atoms with van der Waals surface area (Å²) in [5.74, 6) is -3.16. The van der Waals surface area contributed by atoms with Gasteiger partial charge in [-0.25, -0.2) is 0 Å². The lowest BCUT2D eigenvalue weighted by Gasteiger charge is -2.13. The number of anilines is 1. The molecular formula is C24H20ClNO4. The van der Waals surface area contributed by atoms with Gasteiger partial charge in [-0.3, -0.25) is 14.4 Å². The number of rotatable bonds is 8. The molecule has 0 fully saturated rings. The van der Waals surface area contributed by atoms with Gasteiger partial charge in [0.25, 0.3) is 0 Å². The third kappa shape index (κ3) is 5.55. The molecule has 1 atom stereocenters. The number of aliphatic carboxylic acids is 1. The second kappa shape index (κ2) is 9.85. The topological polar surface area (TPSA) is 83.5 Å². The van der Waals surface area contributed by atoms with Crippen molar-refractivity contribution >= 4 is 34.9 Å². The van der Waals surface area contributed by atoms with E-state index in [1.807, 2.05) is 42.5 Å². The van der Waals surface area contributed by atoms with Gasteiger partial charge in [-0.2, -0.15) is 0 Å². The molecule has 1 amide bonds. The number of nitrogens with one attached hydrogen (secondary N) is 1. The van der Waals surface area contributed by atoms with Crippen molar-refractivity contribution in [3.63, 3.8) is 0 Å². The fourth-order valence-corrected chi connectivity index (χ4v) is 3.24. The number of ketones is 1. The fourth-order valence-electron chi connectivity index (χ4n) is 3.06. The van der Waals surface area contributed by atoms with E-state index in [0.717, 1.165) is 11.1 Å². The van der Waals surface area contributed by atoms with Crippen molar-refractivity contribution in [2.75, 3.05) is 5.32 Å².